The Bertz CT molecular complexity index is 962. The van der Waals surface area contributed by atoms with Gasteiger partial charge in [0.15, 0.2) is 0 Å². The number of nitrogens with zero attached hydrogens (tertiary/aromatic N) is 3. The average Bonchev–Trinajstić information content (AvgIpc) is 3.37. The molecule has 2 heterocycles. The highest BCUT2D eigenvalue weighted by Gasteiger charge is 2.18. The van der Waals surface area contributed by atoms with Crippen LogP contribution in [0.5, 0.6) is 0 Å². The molecule has 1 saturated heterocycles. The third-order valence-electron chi connectivity index (χ3n) is 5.81. The van der Waals surface area contributed by atoms with Gasteiger partial charge in [-0.15, -0.1) is 0 Å². The molecule has 1 fully saturated rings. The number of carbonyl (C=O) groups excluding carboxylic acids is 2. The fourth-order valence-corrected chi connectivity index (χ4v) is 4.12. The van der Waals surface area contributed by atoms with Gasteiger partial charge in [0, 0.05) is 49.7 Å². The highest BCUT2D eigenvalue weighted by Crippen LogP contribution is 2.23. The molecule has 0 aliphatic carbocycles. The fourth-order valence-electron chi connectivity index (χ4n) is 3.79. The molecule has 0 atom stereocenters. The lowest BCUT2D eigenvalue weighted by Gasteiger charge is -2.16. The maximum absolute atomic E-state index is 12.3. The first-order chi connectivity index (χ1) is 16.5. The van der Waals surface area contributed by atoms with Gasteiger partial charge < -0.3 is 26.2 Å². The van der Waals surface area contributed by atoms with E-state index in [1.807, 2.05) is 43.0 Å². The van der Waals surface area contributed by atoms with Crippen LogP contribution in [-0.4, -0.2) is 53.0 Å². The molecule has 34 heavy (non-hydrogen) atoms. The molecule has 184 valence electrons. The highest BCUT2D eigenvalue weighted by molar-refractivity contribution is 9.10. The zero-order valence-corrected chi connectivity index (χ0v) is 21.5. The van der Waals surface area contributed by atoms with E-state index in [1.165, 1.54) is 0 Å². The van der Waals surface area contributed by atoms with Crippen LogP contribution < -0.4 is 21.3 Å². The van der Waals surface area contributed by atoms with Crippen LogP contribution in [0.2, 0.25) is 0 Å². The number of carbonyl (C=O) groups is 2. The minimum atomic E-state index is -0.0721. The van der Waals surface area contributed by atoms with E-state index in [9.17, 15) is 9.59 Å². The molecular weight excluding hydrogens is 498 g/mol. The Morgan fingerprint density at radius 3 is 2.59 bits per heavy atom. The van der Waals surface area contributed by atoms with Crippen LogP contribution in [0, 0.1) is 5.92 Å². The van der Waals surface area contributed by atoms with Gasteiger partial charge in [0.25, 0.3) is 0 Å². The Morgan fingerprint density at radius 2 is 1.85 bits per heavy atom. The van der Waals surface area contributed by atoms with Gasteiger partial charge in [-0.25, -0.2) is 9.78 Å². The standard InChI is InChI=1S/C24H34BrN7O2/c1-3-17(4-2)22(33)27-12-8-11-26-21-20(25)16-28-23(31-21)29-18-9-7-10-19(15-18)30-24(34)32-13-5-6-14-32/h7,9-10,15-17H,3-6,8,11-14H2,1-2H3,(H,27,33)(H,30,34)(H2,26,28,29,31). The highest BCUT2D eigenvalue weighted by atomic mass is 79.9. The number of anilines is 4. The van der Waals surface area contributed by atoms with Crippen molar-refractivity contribution in [2.45, 2.75) is 46.0 Å². The molecule has 9 nitrogen and oxygen atoms in total. The van der Waals surface area contributed by atoms with E-state index in [0.717, 1.165) is 55.4 Å². The third kappa shape index (κ3) is 7.58. The van der Waals surface area contributed by atoms with Crippen LogP contribution in [0.1, 0.15) is 46.0 Å². The summed E-state index contributed by atoms with van der Waals surface area (Å²) in [4.78, 5) is 35.1. The predicted molar refractivity (Wildman–Crippen MR) is 139 cm³/mol. The van der Waals surface area contributed by atoms with E-state index in [4.69, 9.17) is 0 Å². The number of aromatic nitrogens is 2. The van der Waals surface area contributed by atoms with E-state index >= 15 is 0 Å². The van der Waals surface area contributed by atoms with Gasteiger partial charge in [0.05, 0.1) is 4.47 Å². The van der Waals surface area contributed by atoms with Crippen molar-refractivity contribution >= 4 is 51.0 Å². The lowest BCUT2D eigenvalue weighted by atomic mass is 10.0. The van der Waals surface area contributed by atoms with Crippen molar-refractivity contribution in [3.8, 4) is 0 Å². The third-order valence-corrected chi connectivity index (χ3v) is 6.39. The van der Waals surface area contributed by atoms with E-state index in [1.54, 1.807) is 6.20 Å². The second-order valence-corrected chi connectivity index (χ2v) is 9.16. The number of nitrogens with one attached hydrogen (secondary N) is 4. The number of urea groups is 1. The summed E-state index contributed by atoms with van der Waals surface area (Å²) in [6, 6.07) is 7.41. The van der Waals surface area contributed by atoms with Crippen LogP contribution in [0.4, 0.5) is 27.9 Å². The minimum absolute atomic E-state index is 0.0721. The molecule has 4 N–H and O–H groups in total. The van der Waals surface area contributed by atoms with Crippen molar-refractivity contribution in [1.82, 2.24) is 20.2 Å². The molecule has 1 aliphatic heterocycles. The predicted octanol–water partition coefficient (Wildman–Crippen LogP) is 4.96. The minimum Gasteiger partial charge on any atom is -0.369 e. The summed E-state index contributed by atoms with van der Waals surface area (Å²) in [7, 11) is 0. The normalized spacial score (nSPS) is 13.1. The number of hydrogen-bond acceptors (Lipinski definition) is 6. The van der Waals surface area contributed by atoms with Crippen LogP contribution in [0.15, 0.2) is 34.9 Å². The van der Waals surface area contributed by atoms with Gasteiger partial charge in [-0.05, 0) is 66.2 Å². The smallest absolute Gasteiger partial charge is 0.321 e. The second kappa shape index (κ2) is 13.1. The summed E-state index contributed by atoms with van der Waals surface area (Å²) in [5.74, 6) is 1.32. The van der Waals surface area contributed by atoms with Crippen LogP contribution in [0.25, 0.3) is 0 Å². The summed E-state index contributed by atoms with van der Waals surface area (Å²) in [5.41, 5.74) is 1.49. The van der Waals surface area contributed by atoms with Crippen molar-refractivity contribution in [2.24, 2.45) is 5.92 Å². The number of amides is 3. The van der Waals surface area contributed by atoms with Gasteiger partial charge in [0.1, 0.15) is 5.82 Å². The zero-order valence-electron chi connectivity index (χ0n) is 19.9. The van der Waals surface area contributed by atoms with Crippen molar-refractivity contribution in [1.29, 1.82) is 0 Å². The Labute approximate surface area is 209 Å². The second-order valence-electron chi connectivity index (χ2n) is 8.31. The summed E-state index contributed by atoms with van der Waals surface area (Å²) in [5, 5.41) is 12.4. The Hall–Kier alpha value is -2.88. The largest absolute Gasteiger partial charge is 0.369 e. The van der Waals surface area contributed by atoms with Crippen molar-refractivity contribution < 1.29 is 9.59 Å². The van der Waals surface area contributed by atoms with Crippen LogP contribution in [-0.2, 0) is 4.79 Å². The number of likely N-dealkylation sites (tertiary alicyclic amines) is 1. The maximum Gasteiger partial charge on any atom is 0.321 e. The van der Waals surface area contributed by atoms with Crippen molar-refractivity contribution in [2.75, 3.05) is 42.1 Å². The Morgan fingerprint density at radius 1 is 1.12 bits per heavy atom. The summed E-state index contributed by atoms with van der Waals surface area (Å²) in [6.07, 6.45) is 6.30. The van der Waals surface area contributed by atoms with Gasteiger partial charge in [-0.3, -0.25) is 4.79 Å². The number of benzene rings is 1. The van der Waals surface area contributed by atoms with Crippen LogP contribution >= 0.6 is 15.9 Å². The molecular formula is C24H34BrN7O2. The lowest BCUT2D eigenvalue weighted by Crippen LogP contribution is -2.32. The fraction of sp³-hybridized carbons (Fsp3) is 0.500. The Balaban J connectivity index is 1.50. The molecule has 2 aromatic rings. The quantitative estimate of drug-likeness (QED) is 0.305. The monoisotopic (exact) mass is 531 g/mol. The van der Waals surface area contributed by atoms with Gasteiger partial charge in [-0.1, -0.05) is 19.9 Å². The average molecular weight is 532 g/mol. The molecule has 0 saturated carbocycles. The maximum atomic E-state index is 12.3. The molecule has 0 bridgehead atoms. The molecule has 0 unspecified atom stereocenters. The number of rotatable bonds is 11. The van der Waals surface area contributed by atoms with Gasteiger partial charge >= 0.3 is 6.03 Å². The Kier molecular flexibility index (Phi) is 9.93. The van der Waals surface area contributed by atoms with Crippen LogP contribution in [0.3, 0.4) is 0 Å². The molecule has 1 aliphatic rings. The van der Waals surface area contributed by atoms with E-state index in [-0.39, 0.29) is 17.9 Å². The van der Waals surface area contributed by atoms with Crippen molar-refractivity contribution in [3.05, 3.63) is 34.9 Å². The molecule has 1 aromatic heterocycles. The lowest BCUT2D eigenvalue weighted by molar-refractivity contribution is -0.125. The van der Waals surface area contributed by atoms with E-state index < -0.39 is 0 Å². The van der Waals surface area contributed by atoms with Gasteiger partial charge in [-0.2, -0.15) is 4.98 Å². The first kappa shape index (κ1) is 25.7. The first-order valence-electron chi connectivity index (χ1n) is 12.0. The first-order valence-corrected chi connectivity index (χ1v) is 12.8. The SMILES string of the molecule is CCC(CC)C(=O)NCCCNc1nc(Nc2cccc(NC(=O)N3CCCC3)c2)ncc1Br. The van der Waals surface area contributed by atoms with E-state index in [0.29, 0.717) is 30.5 Å². The van der Waals surface area contributed by atoms with Gasteiger partial charge in [0.2, 0.25) is 11.9 Å². The van der Waals surface area contributed by atoms with Crippen molar-refractivity contribution in [3.63, 3.8) is 0 Å². The van der Waals surface area contributed by atoms with E-state index in [2.05, 4.69) is 47.2 Å². The molecule has 0 radical (unpaired) electrons. The number of halogens is 1. The zero-order chi connectivity index (χ0) is 24.3. The molecule has 3 amide bonds. The molecule has 0 spiro atoms. The summed E-state index contributed by atoms with van der Waals surface area (Å²) < 4.78 is 0.755. The summed E-state index contributed by atoms with van der Waals surface area (Å²) in [6.45, 7) is 6.96. The molecule has 1 aromatic carbocycles. The topological polar surface area (TPSA) is 111 Å². The molecule has 3 rings (SSSR count). The summed E-state index contributed by atoms with van der Waals surface area (Å²) >= 11 is 3.48. The molecule has 10 heteroatoms. The number of hydrogen-bond donors (Lipinski definition) is 4.